The summed E-state index contributed by atoms with van der Waals surface area (Å²) < 4.78 is 10.2. The Bertz CT molecular complexity index is 799. The van der Waals surface area contributed by atoms with Gasteiger partial charge in [-0.3, -0.25) is 4.79 Å². The number of nitrogens with one attached hydrogen (secondary N) is 1. The second-order valence-corrected chi connectivity index (χ2v) is 4.48. The first-order valence-electron chi connectivity index (χ1n) is 6.42. The minimum atomic E-state index is -1.12. The second kappa shape index (κ2) is 5.61. The molecule has 0 aliphatic carbocycles. The number of carbonyl (C=O) groups is 2. The van der Waals surface area contributed by atoms with Gasteiger partial charge >= 0.3 is 5.97 Å². The molecule has 1 aromatic carbocycles. The number of furan rings is 2. The molecule has 0 atom stereocenters. The Balaban J connectivity index is 1.74. The Morgan fingerprint density at radius 3 is 2.32 bits per heavy atom. The molecule has 0 saturated heterocycles. The van der Waals surface area contributed by atoms with Crippen molar-refractivity contribution in [1.82, 2.24) is 0 Å². The molecule has 0 aliphatic rings. The van der Waals surface area contributed by atoms with Crippen LogP contribution in [0.3, 0.4) is 0 Å². The number of hydrogen-bond donors (Lipinski definition) is 2. The van der Waals surface area contributed by atoms with Gasteiger partial charge in [0, 0.05) is 11.3 Å². The second-order valence-electron chi connectivity index (χ2n) is 4.48. The summed E-state index contributed by atoms with van der Waals surface area (Å²) in [5.74, 6) is -0.912. The predicted molar refractivity (Wildman–Crippen MR) is 77.8 cm³/mol. The minimum absolute atomic E-state index is 0.120. The van der Waals surface area contributed by atoms with Gasteiger partial charge in [0.2, 0.25) is 5.76 Å². The van der Waals surface area contributed by atoms with Crippen molar-refractivity contribution < 1.29 is 23.5 Å². The van der Waals surface area contributed by atoms with Crippen LogP contribution in [0.5, 0.6) is 0 Å². The number of carboxylic acid groups (broad SMARTS) is 1. The van der Waals surface area contributed by atoms with Crippen LogP contribution in [0.25, 0.3) is 11.3 Å². The van der Waals surface area contributed by atoms with E-state index in [9.17, 15) is 9.59 Å². The summed E-state index contributed by atoms with van der Waals surface area (Å²) in [6.07, 6.45) is 1.43. The van der Waals surface area contributed by atoms with E-state index in [1.165, 1.54) is 12.3 Å². The number of rotatable bonds is 4. The molecule has 0 unspecified atom stereocenters. The predicted octanol–water partition coefficient (Wildman–Crippen LogP) is 3.49. The molecule has 3 rings (SSSR count). The number of carbonyl (C=O) groups excluding carboxylic acids is 1. The maximum Gasteiger partial charge on any atom is 0.371 e. The Morgan fingerprint density at radius 2 is 1.73 bits per heavy atom. The quantitative estimate of drug-likeness (QED) is 0.769. The van der Waals surface area contributed by atoms with Gasteiger partial charge in [0.15, 0.2) is 5.76 Å². The number of hydrogen-bond acceptors (Lipinski definition) is 4. The molecule has 22 heavy (non-hydrogen) atoms. The largest absolute Gasteiger partial charge is 0.475 e. The maximum atomic E-state index is 11.8. The Morgan fingerprint density at radius 1 is 0.955 bits per heavy atom. The topological polar surface area (TPSA) is 92.7 Å². The third-order valence-corrected chi connectivity index (χ3v) is 2.99. The molecule has 0 radical (unpaired) electrons. The standard InChI is InChI=1S/C16H11NO5/c18-15(13-2-1-9-21-13)17-11-5-3-10(4-6-11)12-7-8-14(22-12)16(19)20/h1-9H,(H,17,18)(H,19,20). The lowest BCUT2D eigenvalue weighted by Gasteiger charge is -2.04. The van der Waals surface area contributed by atoms with E-state index < -0.39 is 5.97 Å². The highest BCUT2D eigenvalue weighted by molar-refractivity contribution is 6.02. The summed E-state index contributed by atoms with van der Waals surface area (Å²) >= 11 is 0. The summed E-state index contributed by atoms with van der Waals surface area (Å²) in [6.45, 7) is 0. The fourth-order valence-electron chi connectivity index (χ4n) is 1.93. The molecule has 6 nitrogen and oxygen atoms in total. The SMILES string of the molecule is O=C(O)c1ccc(-c2ccc(NC(=O)c3ccco3)cc2)o1. The van der Waals surface area contributed by atoms with Gasteiger partial charge in [-0.25, -0.2) is 4.79 Å². The summed E-state index contributed by atoms with van der Waals surface area (Å²) in [5, 5.41) is 11.5. The van der Waals surface area contributed by atoms with E-state index in [0.29, 0.717) is 17.0 Å². The molecular formula is C16H11NO5. The molecule has 0 spiro atoms. The average molecular weight is 297 g/mol. The first-order valence-corrected chi connectivity index (χ1v) is 6.42. The highest BCUT2D eigenvalue weighted by atomic mass is 16.4. The van der Waals surface area contributed by atoms with Gasteiger partial charge in [0.25, 0.3) is 5.91 Å². The summed E-state index contributed by atoms with van der Waals surface area (Å²) in [4.78, 5) is 22.6. The van der Waals surface area contributed by atoms with Crippen molar-refractivity contribution in [3.05, 3.63) is 66.3 Å². The lowest BCUT2D eigenvalue weighted by molar-refractivity contribution is 0.0663. The average Bonchev–Trinajstić information content (AvgIpc) is 3.20. The van der Waals surface area contributed by atoms with Gasteiger partial charge in [0.1, 0.15) is 5.76 Å². The molecule has 1 amide bonds. The van der Waals surface area contributed by atoms with Crippen LogP contribution in [-0.4, -0.2) is 17.0 Å². The van der Waals surface area contributed by atoms with Crippen molar-refractivity contribution in [3.8, 4) is 11.3 Å². The van der Waals surface area contributed by atoms with Gasteiger partial charge in [0.05, 0.1) is 6.26 Å². The summed E-state index contributed by atoms with van der Waals surface area (Å²) in [6, 6.07) is 13.0. The molecule has 6 heteroatoms. The van der Waals surface area contributed by atoms with Crippen LogP contribution in [0, 0.1) is 0 Å². The smallest absolute Gasteiger partial charge is 0.371 e. The Kier molecular flexibility index (Phi) is 3.49. The van der Waals surface area contributed by atoms with E-state index in [0.717, 1.165) is 0 Å². The molecular weight excluding hydrogens is 286 g/mol. The van der Waals surface area contributed by atoms with E-state index in [1.807, 2.05) is 0 Å². The molecule has 0 aliphatic heterocycles. The highest BCUT2D eigenvalue weighted by Crippen LogP contribution is 2.24. The molecule has 2 heterocycles. The van der Waals surface area contributed by atoms with Crippen molar-refractivity contribution in [1.29, 1.82) is 0 Å². The maximum absolute atomic E-state index is 11.8. The van der Waals surface area contributed by atoms with Crippen LogP contribution in [0.2, 0.25) is 0 Å². The monoisotopic (exact) mass is 297 g/mol. The lowest BCUT2D eigenvalue weighted by Crippen LogP contribution is -2.10. The van der Waals surface area contributed by atoms with E-state index in [4.69, 9.17) is 13.9 Å². The van der Waals surface area contributed by atoms with Gasteiger partial charge in [-0.15, -0.1) is 0 Å². The fourth-order valence-corrected chi connectivity index (χ4v) is 1.93. The summed E-state index contributed by atoms with van der Waals surface area (Å²) in [7, 11) is 0. The van der Waals surface area contributed by atoms with Gasteiger partial charge in [-0.05, 0) is 48.5 Å². The van der Waals surface area contributed by atoms with Gasteiger partial charge in [-0.1, -0.05) is 0 Å². The van der Waals surface area contributed by atoms with Crippen molar-refractivity contribution in [2.24, 2.45) is 0 Å². The van der Waals surface area contributed by atoms with E-state index in [2.05, 4.69) is 5.32 Å². The van der Waals surface area contributed by atoms with Crippen molar-refractivity contribution in [3.63, 3.8) is 0 Å². The van der Waals surface area contributed by atoms with Gasteiger partial charge in [-0.2, -0.15) is 0 Å². The molecule has 3 aromatic rings. The van der Waals surface area contributed by atoms with Crippen LogP contribution in [-0.2, 0) is 0 Å². The van der Waals surface area contributed by atoms with E-state index in [1.54, 1.807) is 42.5 Å². The highest BCUT2D eigenvalue weighted by Gasteiger charge is 2.11. The zero-order chi connectivity index (χ0) is 15.5. The number of aromatic carboxylic acids is 1. The Labute approximate surface area is 125 Å². The van der Waals surface area contributed by atoms with E-state index >= 15 is 0 Å². The minimum Gasteiger partial charge on any atom is -0.475 e. The van der Waals surface area contributed by atoms with Crippen molar-refractivity contribution in [2.75, 3.05) is 5.32 Å². The zero-order valence-corrected chi connectivity index (χ0v) is 11.3. The van der Waals surface area contributed by atoms with Crippen molar-refractivity contribution in [2.45, 2.75) is 0 Å². The van der Waals surface area contributed by atoms with Crippen molar-refractivity contribution >= 4 is 17.6 Å². The Hall–Kier alpha value is -3.28. The molecule has 0 saturated carbocycles. The number of carboxylic acids is 1. The molecule has 0 bridgehead atoms. The fraction of sp³-hybridized carbons (Fsp3) is 0. The first kappa shape index (κ1) is 13.7. The summed E-state index contributed by atoms with van der Waals surface area (Å²) in [5.41, 5.74) is 1.30. The molecule has 110 valence electrons. The molecule has 0 fully saturated rings. The third-order valence-electron chi connectivity index (χ3n) is 2.99. The first-order chi connectivity index (χ1) is 10.6. The third kappa shape index (κ3) is 2.76. The van der Waals surface area contributed by atoms with Crippen LogP contribution < -0.4 is 5.32 Å². The van der Waals surface area contributed by atoms with Crippen LogP contribution in [0.15, 0.2) is 63.6 Å². The van der Waals surface area contributed by atoms with Gasteiger partial charge < -0.3 is 19.3 Å². The number of benzene rings is 1. The number of amides is 1. The molecule has 2 N–H and O–H groups in total. The zero-order valence-electron chi connectivity index (χ0n) is 11.3. The normalized spacial score (nSPS) is 10.4. The van der Waals surface area contributed by atoms with Crippen LogP contribution >= 0.6 is 0 Å². The van der Waals surface area contributed by atoms with Crippen LogP contribution in [0.4, 0.5) is 5.69 Å². The van der Waals surface area contributed by atoms with E-state index in [-0.39, 0.29) is 17.4 Å². The van der Waals surface area contributed by atoms with Crippen LogP contribution in [0.1, 0.15) is 21.1 Å². The number of anilines is 1. The molecule has 2 aromatic heterocycles. The lowest BCUT2D eigenvalue weighted by atomic mass is 10.1.